The molecule has 3 fully saturated rings. The summed E-state index contributed by atoms with van der Waals surface area (Å²) in [4.78, 5) is 16.1. The van der Waals surface area contributed by atoms with Crippen molar-refractivity contribution in [1.82, 2.24) is 5.16 Å². The Morgan fingerprint density at radius 1 is 1.21 bits per heavy atom. The van der Waals surface area contributed by atoms with Gasteiger partial charge in [0.1, 0.15) is 11.6 Å². The van der Waals surface area contributed by atoms with Crippen molar-refractivity contribution in [3.8, 4) is 0 Å². The van der Waals surface area contributed by atoms with Gasteiger partial charge < -0.3 is 28.4 Å². The first kappa shape index (κ1) is 22.6. The number of hydrogen-bond acceptors (Lipinski definition) is 8. The molecule has 1 aromatic carbocycles. The van der Waals surface area contributed by atoms with Crippen LogP contribution in [-0.4, -0.2) is 69.1 Å². The quantitative estimate of drug-likeness (QED) is 0.603. The van der Waals surface area contributed by atoms with Crippen molar-refractivity contribution in [2.24, 2.45) is 0 Å². The molecule has 0 bridgehead atoms. The second kappa shape index (κ2) is 9.25. The van der Waals surface area contributed by atoms with Gasteiger partial charge in [-0.25, -0.2) is 4.79 Å². The van der Waals surface area contributed by atoms with Crippen LogP contribution in [0, 0.1) is 0 Å². The molecule has 33 heavy (non-hydrogen) atoms. The van der Waals surface area contributed by atoms with Crippen LogP contribution in [0.3, 0.4) is 0 Å². The predicted molar refractivity (Wildman–Crippen MR) is 119 cm³/mol. The van der Waals surface area contributed by atoms with Gasteiger partial charge in [-0.3, -0.25) is 9.29 Å². The number of anilines is 2. The Morgan fingerprint density at radius 3 is 2.64 bits per heavy atom. The Hall–Kier alpha value is -2.14. The lowest BCUT2D eigenvalue weighted by Crippen LogP contribution is -2.46. The summed E-state index contributed by atoms with van der Waals surface area (Å²) in [6.07, 6.45) is -0.348. The zero-order valence-electron chi connectivity index (χ0n) is 18.6. The highest BCUT2D eigenvalue weighted by Gasteiger charge is 2.39. The Labute approximate surface area is 195 Å². The number of cyclic esters (lactones) is 1. The number of ether oxygens (including phenoxy) is 4. The van der Waals surface area contributed by atoms with Crippen molar-refractivity contribution in [2.75, 3.05) is 49.4 Å². The van der Waals surface area contributed by atoms with Crippen molar-refractivity contribution >= 4 is 40.2 Å². The Bertz CT molecular complexity index is 1020. The monoisotopic (exact) mass is 483 g/mol. The molecule has 0 radical (unpaired) electrons. The van der Waals surface area contributed by atoms with E-state index in [2.05, 4.69) is 10.1 Å². The third-order valence-electron chi connectivity index (χ3n) is 6.16. The topological polar surface area (TPSA) is 86.5 Å². The smallest absolute Gasteiger partial charge is 0.416 e. The molecule has 2 aromatic rings. The lowest BCUT2D eigenvalue weighted by molar-refractivity contribution is -0.0443. The summed E-state index contributed by atoms with van der Waals surface area (Å²) in [6, 6.07) is 1.53. The minimum absolute atomic E-state index is 0.0136. The van der Waals surface area contributed by atoms with E-state index in [0.717, 1.165) is 11.3 Å². The van der Waals surface area contributed by atoms with Gasteiger partial charge in [0, 0.05) is 18.7 Å². The highest BCUT2D eigenvalue weighted by Crippen LogP contribution is 2.45. The number of benzene rings is 1. The van der Waals surface area contributed by atoms with Gasteiger partial charge in [-0.1, -0.05) is 16.8 Å². The molecule has 1 unspecified atom stereocenters. The van der Waals surface area contributed by atoms with Crippen LogP contribution in [0.2, 0.25) is 5.02 Å². The second-order valence-corrected chi connectivity index (χ2v) is 9.06. The van der Waals surface area contributed by atoms with E-state index >= 15 is 0 Å². The average Bonchev–Trinajstić information content (AvgIpc) is 3.51. The van der Waals surface area contributed by atoms with Crippen molar-refractivity contribution in [2.45, 2.75) is 51.2 Å². The number of alkyl halides is 1. The number of hydrogen-bond donors (Lipinski definition) is 0. The van der Waals surface area contributed by atoms with Gasteiger partial charge in [0.25, 0.3) is 0 Å². The minimum Gasteiger partial charge on any atom is -0.447 e. The lowest BCUT2D eigenvalue weighted by Gasteiger charge is -2.38. The number of carbonyl (C=O) groups excluding carboxylic acids is 1. The van der Waals surface area contributed by atoms with Crippen molar-refractivity contribution in [3.05, 3.63) is 16.7 Å². The van der Waals surface area contributed by atoms with Crippen molar-refractivity contribution in [3.63, 3.8) is 0 Å². The minimum atomic E-state index is -0.606. The van der Waals surface area contributed by atoms with Gasteiger partial charge in [0.05, 0.1) is 49.2 Å². The number of halogens is 2. The van der Waals surface area contributed by atoms with Crippen LogP contribution >= 0.6 is 11.6 Å². The molecule has 5 rings (SSSR count). The van der Waals surface area contributed by atoms with Crippen LogP contribution in [0.4, 0.5) is 20.7 Å². The zero-order valence-corrected chi connectivity index (χ0v) is 19.3. The van der Waals surface area contributed by atoms with Gasteiger partial charge in [0.2, 0.25) is 0 Å². The molecular formula is C22H27ClFN3O6. The molecule has 3 aliphatic heterocycles. The fourth-order valence-corrected chi connectivity index (χ4v) is 5.22. The maximum Gasteiger partial charge on any atom is 0.416 e. The van der Waals surface area contributed by atoms with Crippen molar-refractivity contribution in [1.29, 1.82) is 0 Å². The Morgan fingerprint density at radius 2 is 1.94 bits per heavy atom. The highest BCUT2D eigenvalue weighted by atomic mass is 35.5. The normalized spacial score (nSPS) is 26.5. The first-order valence-corrected chi connectivity index (χ1v) is 11.6. The molecule has 180 valence electrons. The number of morpholine rings is 1. The molecule has 0 spiro atoms. The molecule has 1 aromatic heterocycles. The summed E-state index contributed by atoms with van der Waals surface area (Å²) < 4.78 is 41.2. The number of carbonyl (C=O) groups is 1. The lowest BCUT2D eigenvalue weighted by atomic mass is 10.1. The molecular weight excluding hydrogens is 457 g/mol. The molecule has 3 aliphatic rings. The number of rotatable bonds is 6. The summed E-state index contributed by atoms with van der Waals surface area (Å²) in [5, 5.41) is 5.10. The Balaban J connectivity index is 1.62. The van der Waals surface area contributed by atoms with E-state index in [4.69, 9.17) is 35.1 Å². The fraction of sp³-hybridized carbons (Fsp3) is 0.636. The molecule has 0 saturated carbocycles. The first-order chi connectivity index (χ1) is 16.0. The summed E-state index contributed by atoms with van der Waals surface area (Å²) in [5.41, 5.74) is 1.85. The number of fused-ring (bicyclic) bond motifs is 1. The summed E-state index contributed by atoms with van der Waals surface area (Å²) in [5.74, 6) is 0.299. The zero-order chi connectivity index (χ0) is 23.1. The van der Waals surface area contributed by atoms with Crippen LogP contribution in [0.5, 0.6) is 0 Å². The average molecular weight is 484 g/mol. The van der Waals surface area contributed by atoms with E-state index in [0.29, 0.717) is 61.0 Å². The molecule has 0 N–H and O–H groups in total. The maximum atomic E-state index is 12.8. The molecule has 3 atom stereocenters. The van der Waals surface area contributed by atoms with Gasteiger partial charge in [-0.05, 0) is 32.8 Å². The van der Waals surface area contributed by atoms with Crippen LogP contribution in [-0.2, 0) is 18.9 Å². The summed E-state index contributed by atoms with van der Waals surface area (Å²) >= 11 is 6.92. The van der Waals surface area contributed by atoms with E-state index in [1.54, 1.807) is 0 Å². The summed E-state index contributed by atoms with van der Waals surface area (Å²) in [7, 11) is 0. The van der Waals surface area contributed by atoms with Crippen molar-refractivity contribution < 1.29 is 32.7 Å². The van der Waals surface area contributed by atoms with Gasteiger partial charge in [-0.15, -0.1) is 0 Å². The van der Waals surface area contributed by atoms with E-state index in [9.17, 15) is 9.18 Å². The third-order valence-corrected chi connectivity index (χ3v) is 6.51. The Kier molecular flexibility index (Phi) is 6.34. The largest absolute Gasteiger partial charge is 0.447 e. The van der Waals surface area contributed by atoms with E-state index in [-0.39, 0.29) is 24.9 Å². The van der Waals surface area contributed by atoms with E-state index in [1.165, 1.54) is 4.90 Å². The highest BCUT2D eigenvalue weighted by molar-refractivity contribution is 6.38. The number of amides is 1. The van der Waals surface area contributed by atoms with Crippen LogP contribution < -0.4 is 9.80 Å². The molecule has 4 heterocycles. The first-order valence-electron chi connectivity index (χ1n) is 11.2. The van der Waals surface area contributed by atoms with Crippen LogP contribution in [0.15, 0.2) is 10.6 Å². The fourth-order valence-electron chi connectivity index (χ4n) is 4.85. The van der Waals surface area contributed by atoms with Crippen LogP contribution in [0.1, 0.15) is 38.5 Å². The van der Waals surface area contributed by atoms with Gasteiger partial charge in [-0.2, -0.15) is 0 Å². The van der Waals surface area contributed by atoms with E-state index in [1.807, 2.05) is 19.9 Å². The summed E-state index contributed by atoms with van der Waals surface area (Å²) in [6.45, 7) is 5.95. The van der Waals surface area contributed by atoms with Crippen LogP contribution in [0.25, 0.3) is 11.0 Å². The standard InChI is InChI=1S/C22H27ClFN3O6/c1-12-9-26(10-13(2)32-12)18-15(21-29-6-7-30-21)8-16-19(17(18)23)33-25-20(16)27-14(4-3-5-24)11-31-22(27)28/h8,12-14,21H,3-7,9-11H2,1-2H3/t12-,13-,14?/m1/s1. The number of aromatic nitrogens is 1. The van der Waals surface area contributed by atoms with Gasteiger partial charge in [0.15, 0.2) is 17.7 Å². The third kappa shape index (κ3) is 4.14. The molecule has 11 heteroatoms. The SMILES string of the molecule is C[C@@H]1CN(c2c(C3OCCO3)cc3c(N4C(=O)OCC4CCCF)noc3c2Cl)C[C@@H](C)O1. The van der Waals surface area contributed by atoms with Gasteiger partial charge >= 0.3 is 6.09 Å². The predicted octanol–water partition coefficient (Wildman–Crippen LogP) is 4.22. The number of nitrogens with zero attached hydrogens (tertiary/aromatic N) is 3. The molecule has 9 nitrogen and oxygen atoms in total. The van der Waals surface area contributed by atoms with E-state index < -0.39 is 19.1 Å². The molecule has 0 aliphatic carbocycles. The molecule has 3 saturated heterocycles. The second-order valence-electron chi connectivity index (χ2n) is 8.68. The molecule has 1 amide bonds. The maximum absolute atomic E-state index is 12.8.